The summed E-state index contributed by atoms with van der Waals surface area (Å²) in [4.78, 5) is 8.22. The van der Waals surface area contributed by atoms with Crippen LogP contribution in [0.25, 0.3) is 0 Å². The van der Waals surface area contributed by atoms with Crippen molar-refractivity contribution in [3.8, 4) is 0 Å². The Morgan fingerprint density at radius 3 is 2.60 bits per heavy atom. The molecular weight excluding hydrogens is 276 g/mol. The number of halogens is 1. The minimum atomic E-state index is 0.502. The number of rotatable bonds is 4. The van der Waals surface area contributed by atoms with Crippen molar-refractivity contribution in [2.75, 3.05) is 5.43 Å². The summed E-state index contributed by atoms with van der Waals surface area (Å²) in [6.45, 7) is 6.56. The first-order chi connectivity index (χ1) is 7.06. The van der Waals surface area contributed by atoms with Crippen LogP contribution in [-0.2, 0) is 0 Å². The molecule has 0 saturated carbocycles. The topological polar surface area (TPSA) is 63.8 Å². The largest absolute Gasteiger partial charge is 0.307 e. The van der Waals surface area contributed by atoms with Crippen LogP contribution in [0.1, 0.15) is 20.8 Å². The summed E-state index contributed by atoms with van der Waals surface area (Å²) in [5.41, 5.74) is 2.53. The van der Waals surface area contributed by atoms with E-state index in [-0.39, 0.29) is 0 Å². The van der Waals surface area contributed by atoms with Crippen LogP contribution in [0.15, 0.2) is 15.8 Å². The molecule has 0 amide bonds. The van der Waals surface area contributed by atoms with E-state index in [4.69, 9.17) is 5.84 Å². The molecule has 1 heterocycles. The number of nitrogens with zero attached hydrogens (tertiary/aromatic N) is 2. The third-order valence-electron chi connectivity index (χ3n) is 2.13. The maximum Gasteiger partial charge on any atom is 0.158 e. The first-order valence-electron chi connectivity index (χ1n) is 4.70. The van der Waals surface area contributed by atoms with Crippen LogP contribution in [0, 0.1) is 5.92 Å². The van der Waals surface area contributed by atoms with Gasteiger partial charge in [-0.05, 0) is 21.8 Å². The Kier molecular flexibility index (Phi) is 4.82. The van der Waals surface area contributed by atoms with Gasteiger partial charge in [0.25, 0.3) is 0 Å². The summed E-state index contributed by atoms with van der Waals surface area (Å²) in [5.74, 6) is 6.55. The molecule has 0 radical (unpaired) electrons. The standard InChI is InChI=1S/C9H15BrN4S/c1-5(2)6(3)15-9-7(10)8(14-11)12-4-13-9/h4-6H,11H2,1-3H3,(H,12,13,14). The number of nitrogen functional groups attached to an aromatic ring is 1. The van der Waals surface area contributed by atoms with Gasteiger partial charge in [0, 0.05) is 5.25 Å². The minimum absolute atomic E-state index is 0.502. The summed E-state index contributed by atoms with van der Waals surface area (Å²) in [6, 6.07) is 0. The zero-order valence-electron chi connectivity index (χ0n) is 8.99. The van der Waals surface area contributed by atoms with E-state index in [9.17, 15) is 0 Å². The van der Waals surface area contributed by atoms with Gasteiger partial charge in [0.2, 0.25) is 0 Å². The quantitative estimate of drug-likeness (QED) is 0.386. The highest BCUT2D eigenvalue weighted by molar-refractivity contribution is 9.10. The Morgan fingerprint density at radius 1 is 1.40 bits per heavy atom. The summed E-state index contributed by atoms with van der Waals surface area (Å²) in [7, 11) is 0. The van der Waals surface area contributed by atoms with Gasteiger partial charge < -0.3 is 5.43 Å². The Morgan fingerprint density at radius 2 is 2.07 bits per heavy atom. The average Bonchev–Trinajstić information content (AvgIpc) is 2.21. The molecule has 3 N–H and O–H groups in total. The van der Waals surface area contributed by atoms with Gasteiger partial charge in [-0.25, -0.2) is 15.8 Å². The molecule has 15 heavy (non-hydrogen) atoms. The molecule has 1 aromatic heterocycles. The molecule has 0 bridgehead atoms. The average molecular weight is 291 g/mol. The molecule has 0 saturated heterocycles. The third-order valence-corrected chi connectivity index (χ3v) is 4.59. The number of thioether (sulfide) groups is 1. The second kappa shape index (κ2) is 5.67. The SMILES string of the molecule is CC(C)C(C)Sc1ncnc(NN)c1Br. The Hall–Kier alpha value is -0.330. The van der Waals surface area contributed by atoms with Crippen LogP contribution in [0.2, 0.25) is 0 Å². The fourth-order valence-corrected chi connectivity index (χ4v) is 2.38. The first kappa shape index (κ1) is 12.7. The summed E-state index contributed by atoms with van der Waals surface area (Å²) >= 11 is 5.14. The molecule has 1 unspecified atom stereocenters. The van der Waals surface area contributed by atoms with Crippen molar-refractivity contribution in [1.29, 1.82) is 0 Å². The van der Waals surface area contributed by atoms with E-state index in [0.29, 0.717) is 17.0 Å². The lowest BCUT2D eigenvalue weighted by Gasteiger charge is -2.15. The van der Waals surface area contributed by atoms with Crippen LogP contribution in [-0.4, -0.2) is 15.2 Å². The van der Waals surface area contributed by atoms with E-state index in [1.807, 2.05) is 0 Å². The smallest absolute Gasteiger partial charge is 0.158 e. The highest BCUT2D eigenvalue weighted by Crippen LogP contribution is 2.34. The lowest BCUT2D eigenvalue weighted by atomic mass is 10.2. The second-order valence-corrected chi connectivity index (χ2v) is 5.71. The fraction of sp³-hybridized carbons (Fsp3) is 0.556. The van der Waals surface area contributed by atoms with Gasteiger partial charge in [-0.2, -0.15) is 0 Å². The van der Waals surface area contributed by atoms with Gasteiger partial charge in [0.15, 0.2) is 5.82 Å². The lowest BCUT2D eigenvalue weighted by Crippen LogP contribution is -2.11. The number of anilines is 1. The number of hydrogen-bond donors (Lipinski definition) is 2. The van der Waals surface area contributed by atoms with Crippen molar-refractivity contribution in [2.24, 2.45) is 11.8 Å². The van der Waals surface area contributed by atoms with E-state index < -0.39 is 0 Å². The van der Waals surface area contributed by atoms with Crippen LogP contribution >= 0.6 is 27.7 Å². The van der Waals surface area contributed by atoms with E-state index in [1.54, 1.807) is 11.8 Å². The zero-order chi connectivity index (χ0) is 11.4. The fourth-order valence-electron chi connectivity index (χ4n) is 0.849. The summed E-state index contributed by atoms with van der Waals surface area (Å²) < 4.78 is 0.824. The molecule has 0 aromatic carbocycles. The Bertz CT molecular complexity index is 332. The predicted molar refractivity (Wildman–Crippen MR) is 67.7 cm³/mol. The van der Waals surface area contributed by atoms with E-state index in [1.165, 1.54) is 6.33 Å². The van der Waals surface area contributed by atoms with Crippen molar-refractivity contribution in [1.82, 2.24) is 9.97 Å². The second-order valence-electron chi connectivity index (χ2n) is 3.55. The Labute approximate surface area is 103 Å². The molecule has 4 nitrogen and oxygen atoms in total. The minimum Gasteiger partial charge on any atom is -0.307 e. The number of hydrazine groups is 1. The number of aromatic nitrogens is 2. The molecule has 0 fully saturated rings. The third kappa shape index (κ3) is 3.32. The maximum atomic E-state index is 5.33. The van der Waals surface area contributed by atoms with Crippen LogP contribution in [0.4, 0.5) is 5.82 Å². The van der Waals surface area contributed by atoms with E-state index >= 15 is 0 Å². The predicted octanol–water partition coefficient (Wildman–Crippen LogP) is 2.66. The van der Waals surface area contributed by atoms with Crippen molar-refractivity contribution in [2.45, 2.75) is 31.0 Å². The van der Waals surface area contributed by atoms with E-state index in [2.05, 4.69) is 52.1 Å². The molecule has 1 rings (SSSR count). The molecule has 6 heteroatoms. The summed E-state index contributed by atoms with van der Waals surface area (Å²) in [6.07, 6.45) is 1.51. The van der Waals surface area contributed by atoms with Crippen LogP contribution in [0.5, 0.6) is 0 Å². The molecule has 0 aliphatic carbocycles. The normalized spacial score (nSPS) is 12.9. The van der Waals surface area contributed by atoms with Gasteiger partial charge >= 0.3 is 0 Å². The summed E-state index contributed by atoms with van der Waals surface area (Å²) in [5, 5.41) is 1.42. The number of hydrogen-bond acceptors (Lipinski definition) is 5. The molecular formula is C9H15BrN4S. The highest BCUT2D eigenvalue weighted by Gasteiger charge is 2.14. The van der Waals surface area contributed by atoms with Gasteiger partial charge in [0.1, 0.15) is 11.4 Å². The van der Waals surface area contributed by atoms with Gasteiger partial charge in [-0.15, -0.1) is 11.8 Å². The zero-order valence-corrected chi connectivity index (χ0v) is 11.4. The molecule has 0 aliphatic rings. The number of nitrogens with one attached hydrogen (secondary N) is 1. The van der Waals surface area contributed by atoms with Crippen molar-refractivity contribution in [3.63, 3.8) is 0 Å². The molecule has 0 aliphatic heterocycles. The molecule has 0 spiro atoms. The monoisotopic (exact) mass is 290 g/mol. The first-order valence-corrected chi connectivity index (χ1v) is 6.37. The van der Waals surface area contributed by atoms with Crippen LogP contribution in [0.3, 0.4) is 0 Å². The van der Waals surface area contributed by atoms with Gasteiger partial charge in [0.05, 0.1) is 4.47 Å². The maximum absolute atomic E-state index is 5.33. The van der Waals surface area contributed by atoms with Crippen molar-refractivity contribution >= 4 is 33.5 Å². The highest BCUT2D eigenvalue weighted by atomic mass is 79.9. The molecule has 1 aromatic rings. The lowest BCUT2D eigenvalue weighted by molar-refractivity contribution is 0.641. The van der Waals surface area contributed by atoms with Crippen molar-refractivity contribution < 1.29 is 0 Å². The van der Waals surface area contributed by atoms with Gasteiger partial charge in [-0.1, -0.05) is 20.8 Å². The number of nitrogens with two attached hydrogens (primary N) is 1. The van der Waals surface area contributed by atoms with E-state index in [0.717, 1.165) is 9.50 Å². The Balaban J connectivity index is 2.86. The van der Waals surface area contributed by atoms with Crippen LogP contribution < -0.4 is 11.3 Å². The van der Waals surface area contributed by atoms with Crippen molar-refractivity contribution in [3.05, 3.63) is 10.8 Å². The molecule has 1 atom stereocenters. The molecule has 84 valence electrons. The van der Waals surface area contributed by atoms with Gasteiger partial charge in [-0.3, -0.25) is 0 Å².